The van der Waals surface area contributed by atoms with Crippen LogP contribution in [0.3, 0.4) is 0 Å². The number of fused-ring (bicyclic) bond motifs is 1. The van der Waals surface area contributed by atoms with Crippen LogP contribution in [0.5, 0.6) is 0 Å². The fourth-order valence-corrected chi connectivity index (χ4v) is 8.48. The fraction of sp³-hybridized carbons (Fsp3) is 0.516. The number of hydrogen-bond acceptors (Lipinski definition) is 9. The molecule has 1 aromatic carbocycles. The van der Waals surface area contributed by atoms with Gasteiger partial charge in [0.15, 0.2) is 0 Å². The highest BCUT2D eigenvalue weighted by Crippen LogP contribution is 2.40. The zero-order chi connectivity index (χ0) is 32.4. The van der Waals surface area contributed by atoms with Gasteiger partial charge in [-0.1, -0.05) is 6.07 Å². The zero-order valence-corrected chi connectivity index (χ0v) is 27.9. The van der Waals surface area contributed by atoms with Gasteiger partial charge in [0, 0.05) is 59.7 Å². The lowest BCUT2D eigenvalue weighted by molar-refractivity contribution is 0.109. The van der Waals surface area contributed by atoms with Crippen molar-refractivity contribution in [3.8, 4) is 10.4 Å². The van der Waals surface area contributed by atoms with Crippen molar-refractivity contribution in [1.29, 1.82) is 0 Å². The number of aromatic nitrogens is 3. The lowest BCUT2D eigenvalue weighted by Crippen LogP contribution is -2.41. The number of sulfonamides is 1. The molecule has 242 valence electrons. The molecule has 0 saturated heterocycles. The molecule has 1 aliphatic heterocycles. The lowest BCUT2D eigenvalue weighted by atomic mass is 9.86. The summed E-state index contributed by atoms with van der Waals surface area (Å²) in [5, 5.41) is 6.77. The molecule has 2 aliphatic rings. The minimum Gasteiger partial charge on any atom is -0.447 e. The summed E-state index contributed by atoms with van der Waals surface area (Å²) in [4.78, 5) is 40.7. The molecule has 3 aromatic rings. The highest BCUT2D eigenvalue weighted by molar-refractivity contribution is 7.89. The summed E-state index contributed by atoms with van der Waals surface area (Å²) in [5.74, 6) is 0.217. The number of thiazole rings is 1. The molecule has 1 aliphatic carbocycles. The van der Waals surface area contributed by atoms with E-state index in [4.69, 9.17) is 9.72 Å². The van der Waals surface area contributed by atoms with Crippen molar-refractivity contribution in [3.05, 3.63) is 53.2 Å². The molecule has 1 saturated carbocycles. The Bertz CT molecular complexity index is 1640. The Morgan fingerprint density at radius 3 is 2.56 bits per heavy atom. The first-order valence-corrected chi connectivity index (χ1v) is 17.5. The summed E-state index contributed by atoms with van der Waals surface area (Å²) in [5.41, 5.74) is 2.00. The summed E-state index contributed by atoms with van der Waals surface area (Å²) >= 11 is 1.48. The zero-order valence-electron chi connectivity index (χ0n) is 26.3. The molecule has 1 fully saturated rings. The first-order chi connectivity index (χ1) is 21.3. The summed E-state index contributed by atoms with van der Waals surface area (Å²) < 4.78 is 35.4. The summed E-state index contributed by atoms with van der Waals surface area (Å²) in [6.07, 6.45) is 8.34. The van der Waals surface area contributed by atoms with Gasteiger partial charge in [0.25, 0.3) is 0 Å². The first-order valence-electron chi connectivity index (χ1n) is 15.2. The number of alkyl carbamates (subject to hydrolysis) is 1. The molecular formula is C31H41N7O5S2. The molecule has 0 unspecified atom stereocenters. The normalized spacial score (nSPS) is 18.8. The van der Waals surface area contributed by atoms with Crippen LogP contribution in [0.1, 0.15) is 82.5 Å². The summed E-state index contributed by atoms with van der Waals surface area (Å²) in [7, 11) is -3.97. The van der Waals surface area contributed by atoms with E-state index in [9.17, 15) is 18.0 Å². The van der Waals surface area contributed by atoms with Crippen LogP contribution in [0.4, 0.5) is 15.3 Å². The molecule has 45 heavy (non-hydrogen) atoms. The molecule has 12 nitrogen and oxygen atoms in total. The maximum absolute atomic E-state index is 13.7. The third-order valence-electron chi connectivity index (χ3n) is 7.64. The van der Waals surface area contributed by atoms with Crippen LogP contribution in [0.15, 0.2) is 41.8 Å². The quantitative estimate of drug-likeness (QED) is 0.304. The van der Waals surface area contributed by atoms with Gasteiger partial charge < -0.3 is 20.3 Å². The Balaban J connectivity index is 1.34. The SMILES string of the molecule is CC(C)OC(=O)N[C@H]1CC[C@H](c2ncc(-c3ccc(NC(=O)N4CCc5ncncc5C4)cc3S(=O)(=O)NC(C)(C)C)s2)CC1. The number of amides is 3. The summed E-state index contributed by atoms with van der Waals surface area (Å²) in [6.45, 7) is 9.86. The van der Waals surface area contributed by atoms with Gasteiger partial charge in [0.05, 0.1) is 33.1 Å². The Labute approximate surface area is 268 Å². The predicted molar refractivity (Wildman–Crippen MR) is 173 cm³/mol. The van der Waals surface area contributed by atoms with E-state index in [1.807, 2.05) is 13.8 Å². The molecule has 3 amide bonds. The van der Waals surface area contributed by atoms with Gasteiger partial charge in [-0.15, -0.1) is 11.3 Å². The number of benzene rings is 1. The van der Waals surface area contributed by atoms with Gasteiger partial charge in [-0.2, -0.15) is 0 Å². The molecule has 14 heteroatoms. The number of ether oxygens (including phenoxy) is 1. The van der Waals surface area contributed by atoms with Crippen LogP contribution >= 0.6 is 11.3 Å². The Morgan fingerprint density at radius 2 is 1.84 bits per heavy atom. The first kappa shape index (κ1) is 32.8. The van der Waals surface area contributed by atoms with E-state index < -0.39 is 21.7 Å². The van der Waals surface area contributed by atoms with Crippen molar-refractivity contribution in [2.45, 2.75) is 102 Å². The fourth-order valence-electron chi connectivity index (χ4n) is 5.63. The molecular weight excluding hydrogens is 615 g/mol. The highest BCUT2D eigenvalue weighted by atomic mass is 32.2. The van der Waals surface area contributed by atoms with E-state index in [2.05, 4.69) is 25.3 Å². The molecule has 0 spiro atoms. The molecule has 2 aromatic heterocycles. The van der Waals surface area contributed by atoms with Gasteiger partial charge in [-0.25, -0.2) is 37.7 Å². The standard InChI is InChI=1S/C31H41N7O5S2/c1-19(2)43-30(40)36-22-8-6-20(7-9-22)28-33-16-26(44-28)24-11-10-23(14-27(24)45(41,42)37-31(3,4)5)35-29(39)38-13-12-25-21(17-38)15-32-18-34-25/h10-11,14-16,18-20,22,37H,6-9,12-13,17H2,1-5H3,(H,35,39)(H,36,40)/t20-,22-. The topological polar surface area (TPSA) is 156 Å². The second-order valence-corrected chi connectivity index (χ2v) is 15.6. The number of rotatable bonds is 7. The number of carbonyl (C=O) groups is 2. The van der Waals surface area contributed by atoms with E-state index >= 15 is 0 Å². The van der Waals surface area contributed by atoms with Crippen LogP contribution in [0.2, 0.25) is 0 Å². The largest absolute Gasteiger partial charge is 0.447 e. The third kappa shape index (κ3) is 8.35. The number of carbonyl (C=O) groups excluding carboxylic acids is 2. The Morgan fingerprint density at radius 1 is 1.09 bits per heavy atom. The van der Waals surface area contributed by atoms with Gasteiger partial charge in [0.2, 0.25) is 10.0 Å². The van der Waals surface area contributed by atoms with E-state index in [0.717, 1.165) is 46.8 Å². The Kier molecular flexibility index (Phi) is 9.75. The maximum Gasteiger partial charge on any atom is 0.407 e. The Hall–Kier alpha value is -3.62. The average Bonchev–Trinajstić information content (AvgIpc) is 3.46. The smallest absolute Gasteiger partial charge is 0.407 e. The summed E-state index contributed by atoms with van der Waals surface area (Å²) in [6, 6.07) is 4.69. The molecule has 0 bridgehead atoms. The molecule has 0 radical (unpaired) electrons. The number of nitrogens with zero attached hydrogens (tertiary/aromatic N) is 4. The van der Waals surface area contributed by atoms with Gasteiger partial charge in [-0.05, 0) is 72.4 Å². The average molecular weight is 656 g/mol. The van der Waals surface area contributed by atoms with Crippen molar-refractivity contribution in [3.63, 3.8) is 0 Å². The minimum atomic E-state index is -3.97. The van der Waals surface area contributed by atoms with Crippen LogP contribution in [-0.4, -0.2) is 64.6 Å². The van der Waals surface area contributed by atoms with E-state index in [0.29, 0.717) is 30.8 Å². The maximum atomic E-state index is 13.7. The molecule has 3 N–H and O–H groups in total. The molecule has 3 heterocycles. The number of hydrogen-bond donors (Lipinski definition) is 3. The van der Waals surface area contributed by atoms with Crippen molar-refractivity contribution >= 4 is 39.2 Å². The van der Waals surface area contributed by atoms with Crippen LogP contribution in [0, 0.1) is 0 Å². The second kappa shape index (κ2) is 13.4. The number of urea groups is 1. The number of nitrogens with one attached hydrogen (secondary N) is 3. The molecule has 5 rings (SSSR count). The third-order valence-corrected chi connectivity index (χ3v) is 10.6. The van der Waals surface area contributed by atoms with E-state index in [1.165, 1.54) is 23.7 Å². The van der Waals surface area contributed by atoms with E-state index in [-0.39, 0.29) is 29.0 Å². The van der Waals surface area contributed by atoms with E-state index in [1.54, 1.807) is 50.2 Å². The van der Waals surface area contributed by atoms with Gasteiger partial charge in [-0.3, -0.25) is 0 Å². The van der Waals surface area contributed by atoms with Crippen LogP contribution in [0.25, 0.3) is 10.4 Å². The van der Waals surface area contributed by atoms with Gasteiger partial charge in [0.1, 0.15) is 6.33 Å². The minimum absolute atomic E-state index is 0.0583. The van der Waals surface area contributed by atoms with Crippen molar-refractivity contribution in [2.75, 3.05) is 11.9 Å². The lowest BCUT2D eigenvalue weighted by Gasteiger charge is -2.28. The van der Waals surface area contributed by atoms with Crippen molar-refractivity contribution < 1.29 is 22.7 Å². The van der Waals surface area contributed by atoms with Crippen LogP contribution in [-0.2, 0) is 27.7 Å². The van der Waals surface area contributed by atoms with Crippen LogP contribution < -0.4 is 15.4 Å². The monoisotopic (exact) mass is 655 g/mol. The highest BCUT2D eigenvalue weighted by Gasteiger charge is 2.30. The van der Waals surface area contributed by atoms with Crippen molar-refractivity contribution in [2.24, 2.45) is 0 Å². The van der Waals surface area contributed by atoms with Gasteiger partial charge >= 0.3 is 12.1 Å². The molecule has 0 atom stereocenters. The van der Waals surface area contributed by atoms with Crippen molar-refractivity contribution in [1.82, 2.24) is 29.9 Å². The predicted octanol–water partition coefficient (Wildman–Crippen LogP) is 5.43. The second-order valence-electron chi connectivity index (χ2n) is 12.9. The number of anilines is 1.